The van der Waals surface area contributed by atoms with Gasteiger partial charge in [0.1, 0.15) is 5.82 Å². The lowest BCUT2D eigenvalue weighted by Crippen LogP contribution is -2.32. The molecule has 0 spiro atoms. The third kappa shape index (κ3) is 4.31. The van der Waals surface area contributed by atoms with E-state index in [1.807, 2.05) is 6.92 Å². The van der Waals surface area contributed by atoms with Crippen LogP contribution in [0.4, 0.5) is 4.39 Å². The van der Waals surface area contributed by atoms with Crippen molar-refractivity contribution >= 4 is 26.0 Å². The fourth-order valence-electron chi connectivity index (χ4n) is 1.41. The highest BCUT2D eigenvalue weighted by Gasteiger charge is 2.18. The van der Waals surface area contributed by atoms with Crippen LogP contribution in [0, 0.1) is 5.82 Å². The van der Waals surface area contributed by atoms with Gasteiger partial charge in [-0.3, -0.25) is 0 Å². The van der Waals surface area contributed by atoms with Gasteiger partial charge >= 0.3 is 0 Å². The van der Waals surface area contributed by atoms with Crippen molar-refractivity contribution in [3.63, 3.8) is 0 Å². The van der Waals surface area contributed by atoms with Crippen LogP contribution in [-0.2, 0) is 10.0 Å². The Hall–Kier alpha value is -0.500. The third-order valence-electron chi connectivity index (χ3n) is 2.31. The number of aliphatic hydroxyl groups is 1. The van der Waals surface area contributed by atoms with Gasteiger partial charge in [0.05, 0.1) is 11.0 Å². The quantitative estimate of drug-likeness (QED) is 0.833. The van der Waals surface area contributed by atoms with Gasteiger partial charge in [-0.1, -0.05) is 13.3 Å². The topological polar surface area (TPSA) is 66.4 Å². The number of halogens is 2. The lowest BCUT2D eigenvalue weighted by atomic mass is 10.2. The molecule has 0 radical (unpaired) electrons. The highest BCUT2D eigenvalue weighted by Crippen LogP contribution is 2.22. The Labute approximate surface area is 114 Å². The number of hydrogen-bond acceptors (Lipinski definition) is 3. The molecule has 0 bridgehead atoms. The van der Waals surface area contributed by atoms with Crippen molar-refractivity contribution in [1.82, 2.24) is 4.72 Å². The van der Waals surface area contributed by atoms with Crippen molar-refractivity contribution in [2.75, 3.05) is 6.54 Å². The molecule has 0 heterocycles. The lowest BCUT2D eigenvalue weighted by molar-refractivity contribution is 0.167. The number of hydrogen-bond donors (Lipinski definition) is 2. The van der Waals surface area contributed by atoms with Gasteiger partial charge in [-0.2, -0.15) is 0 Å². The minimum Gasteiger partial charge on any atom is -0.392 e. The summed E-state index contributed by atoms with van der Waals surface area (Å²) in [4.78, 5) is -0.0485. The average Bonchev–Trinajstić information content (AvgIpc) is 2.26. The molecule has 18 heavy (non-hydrogen) atoms. The van der Waals surface area contributed by atoms with Gasteiger partial charge in [-0.05, 0) is 40.5 Å². The highest BCUT2D eigenvalue weighted by molar-refractivity contribution is 9.10. The van der Waals surface area contributed by atoms with Crippen LogP contribution >= 0.6 is 15.9 Å². The molecule has 0 saturated heterocycles. The van der Waals surface area contributed by atoms with Crippen molar-refractivity contribution in [3.05, 3.63) is 28.5 Å². The maximum Gasteiger partial charge on any atom is 0.241 e. The molecule has 0 amide bonds. The van der Waals surface area contributed by atoms with Gasteiger partial charge in [0.15, 0.2) is 0 Å². The number of sulfonamides is 1. The van der Waals surface area contributed by atoms with E-state index >= 15 is 0 Å². The number of aliphatic hydroxyl groups excluding tert-OH is 1. The van der Waals surface area contributed by atoms with Gasteiger partial charge < -0.3 is 5.11 Å². The predicted molar refractivity (Wildman–Crippen MR) is 70.2 cm³/mol. The van der Waals surface area contributed by atoms with E-state index in [-0.39, 0.29) is 15.9 Å². The number of rotatable bonds is 6. The molecule has 102 valence electrons. The Kier molecular flexibility index (Phi) is 5.71. The molecule has 1 atom stereocenters. The largest absolute Gasteiger partial charge is 0.392 e. The summed E-state index contributed by atoms with van der Waals surface area (Å²) in [6.45, 7) is 1.84. The molecule has 0 aliphatic heterocycles. The first-order valence-corrected chi connectivity index (χ1v) is 7.77. The average molecular weight is 340 g/mol. The molecule has 1 rings (SSSR count). The minimum absolute atomic E-state index is 0.0485. The first kappa shape index (κ1) is 15.6. The summed E-state index contributed by atoms with van der Waals surface area (Å²) < 4.78 is 39.1. The summed E-state index contributed by atoms with van der Waals surface area (Å²) >= 11 is 3.00. The molecule has 0 aromatic heterocycles. The Morgan fingerprint density at radius 3 is 2.72 bits per heavy atom. The summed E-state index contributed by atoms with van der Waals surface area (Å²) in [5.41, 5.74) is 0. The fourth-order valence-corrected chi connectivity index (χ4v) is 3.53. The van der Waals surface area contributed by atoms with Crippen molar-refractivity contribution in [2.45, 2.75) is 30.8 Å². The molecule has 2 N–H and O–H groups in total. The second kappa shape index (κ2) is 6.60. The SMILES string of the molecule is CCCC(O)CNS(=O)(=O)c1ccc(F)cc1Br. The van der Waals surface area contributed by atoms with E-state index < -0.39 is 21.9 Å². The monoisotopic (exact) mass is 339 g/mol. The Balaban J connectivity index is 2.80. The van der Waals surface area contributed by atoms with E-state index in [9.17, 15) is 17.9 Å². The molecule has 0 saturated carbocycles. The molecule has 1 unspecified atom stereocenters. The van der Waals surface area contributed by atoms with Crippen LogP contribution in [0.15, 0.2) is 27.6 Å². The first-order chi connectivity index (χ1) is 8.36. The van der Waals surface area contributed by atoms with Crippen LogP contribution in [-0.4, -0.2) is 26.2 Å². The summed E-state index contributed by atoms with van der Waals surface area (Å²) in [6, 6.07) is 3.33. The van der Waals surface area contributed by atoms with Gasteiger partial charge in [0, 0.05) is 11.0 Å². The zero-order valence-corrected chi connectivity index (χ0v) is 12.3. The minimum atomic E-state index is -3.74. The third-order valence-corrected chi connectivity index (χ3v) is 4.71. The second-order valence-corrected chi connectivity index (χ2v) is 6.46. The molecule has 7 heteroatoms. The van der Waals surface area contributed by atoms with E-state index in [1.54, 1.807) is 0 Å². The smallest absolute Gasteiger partial charge is 0.241 e. The van der Waals surface area contributed by atoms with E-state index in [0.717, 1.165) is 18.6 Å². The van der Waals surface area contributed by atoms with E-state index in [4.69, 9.17) is 0 Å². The Morgan fingerprint density at radius 2 is 2.17 bits per heavy atom. The Bertz CT molecular complexity index is 507. The van der Waals surface area contributed by atoms with Gasteiger partial charge in [-0.15, -0.1) is 0 Å². The molecular weight excluding hydrogens is 325 g/mol. The van der Waals surface area contributed by atoms with Crippen LogP contribution in [0.1, 0.15) is 19.8 Å². The number of nitrogens with one attached hydrogen (secondary N) is 1. The van der Waals surface area contributed by atoms with Crippen LogP contribution in [0.5, 0.6) is 0 Å². The van der Waals surface area contributed by atoms with Crippen molar-refractivity contribution in [2.24, 2.45) is 0 Å². The standard InChI is InChI=1S/C11H15BrFNO3S/c1-2-3-9(15)7-14-18(16,17)11-5-4-8(13)6-10(11)12/h4-6,9,14-15H,2-3,7H2,1H3. The molecule has 4 nitrogen and oxygen atoms in total. The number of benzene rings is 1. The zero-order chi connectivity index (χ0) is 13.8. The van der Waals surface area contributed by atoms with Crippen LogP contribution in [0.2, 0.25) is 0 Å². The molecule has 0 aliphatic carbocycles. The normalized spacial score (nSPS) is 13.6. The molecule has 0 fully saturated rings. The molecule has 0 aliphatic rings. The second-order valence-electron chi connectivity index (χ2n) is 3.87. The van der Waals surface area contributed by atoms with E-state index in [1.165, 1.54) is 6.07 Å². The summed E-state index contributed by atoms with van der Waals surface area (Å²) in [7, 11) is -3.74. The Morgan fingerprint density at radius 1 is 1.50 bits per heavy atom. The molecule has 1 aromatic carbocycles. The fraction of sp³-hybridized carbons (Fsp3) is 0.455. The van der Waals surface area contributed by atoms with E-state index in [0.29, 0.717) is 6.42 Å². The summed E-state index contributed by atoms with van der Waals surface area (Å²) in [5.74, 6) is -0.521. The first-order valence-electron chi connectivity index (χ1n) is 5.49. The maximum absolute atomic E-state index is 12.9. The molecular formula is C11H15BrFNO3S. The highest BCUT2D eigenvalue weighted by atomic mass is 79.9. The molecule has 1 aromatic rings. The lowest BCUT2D eigenvalue weighted by Gasteiger charge is -2.12. The zero-order valence-electron chi connectivity index (χ0n) is 9.86. The van der Waals surface area contributed by atoms with Gasteiger partial charge in [-0.25, -0.2) is 17.5 Å². The van der Waals surface area contributed by atoms with Crippen LogP contribution in [0.25, 0.3) is 0 Å². The summed E-state index contributed by atoms with van der Waals surface area (Å²) in [5, 5.41) is 9.47. The van der Waals surface area contributed by atoms with Crippen LogP contribution < -0.4 is 4.72 Å². The maximum atomic E-state index is 12.9. The summed E-state index contributed by atoms with van der Waals surface area (Å²) in [6.07, 6.45) is 0.569. The predicted octanol–water partition coefficient (Wildman–Crippen LogP) is 2.03. The van der Waals surface area contributed by atoms with Crippen molar-refractivity contribution in [3.8, 4) is 0 Å². The van der Waals surface area contributed by atoms with Crippen LogP contribution in [0.3, 0.4) is 0 Å². The van der Waals surface area contributed by atoms with Gasteiger partial charge in [0.25, 0.3) is 0 Å². The van der Waals surface area contributed by atoms with Crippen molar-refractivity contribution in [1.29, 1.82) is 0 Å². The van der Waals surface area contributed by atoms with Gasteiger partial charge in [0.2, 0.25) is 10.0 Å². The van der Waals surface area contributed by atoms with Crippen molar-refractivity contribution < 1.29 is 17.9 Å². The van der Waals surface area contributed by atoms with E-state index in [2.05, 4.69) is 20.7 Å².